The van der Waals surface area contributed by atoms with Crippen molar-refractivity contribution < 1.29 is 9.15 Å². The zero-order chi connectivity index (χ0) is 13.0. The summed E-state index contributed by atoms with van der Waals surface area (Å²) in [6.45, 7) is 6.58. The predicted octanol–water partition coefficient (Wildman–Crippen LogP) is 1.36. The van der Waals surface area contributed by atoms with E-state index >= 15 is 0 Å². The van der Waals surface area contributed by atoms with E-state index in [9.17, 15) is 0 Å². The molecular formula is C12H22N4O2. The van der Waals surface area contributed by atoms with E-state index in [0.717, 1.165) is 32.6 Å². The Morgan fingerprint density at radius 2 is 2.11 bits per heavy atom. The molecule has 0 amide bonds. The summed E-state index contributed by atoms with van der Waals surface area (Å²) in [6.07, 6.45) is 2.02. The average molecular weight is 254 g/mol. The Labute approximate surface area is 108 Å². The lowest BCUT2D eigenvalue weighted by Crippen LogP contribution is -2.36. The summed E-state index contributed by atoms with van der Waals surface area (Å²) in [7, 11) is 2.01. The van der Waals surface area contributed by atoms with E-state index in [2.05, 4.69) is 27.3 Å². The topological polar surface area (TPSA) is 63.4 Å². The van der Waals surface area contributed by atoms with E-state index in [4.69, 9.17) is 9.15 Å². The van der Waals surface area contributed by atoms with E-state index in [1.54, 1.807) is 0 Å². The summed E-state index contributed by atoms with van der Waals surface area (Å²) in [4.78, 5) is 2.07. The van der Waals surface area contributed by atoms with Crippen LogP contribution in [0.15, 0.2) is 4.42 Å². The number of rotatable bonds is 5. The van der Waals surface area contributed by atoms with Gasteiger partial charge in [0.2, 0.25) is 5.89 Å². The molecule has 0 aliphatic carbocycles. The molecule has 0 spiro atoms. The van der Waals surface area contributed by atoms with E-state index in [1.165, 1.54) is 0 Å². The normalized spacial score (nSPS) is 18.8. The summed E-state index contributed by atoms with van der Waals surface area (Å²) < 4.78 is 11.1. The molecule has 0 aromatic carbocycles. The number of aromatic nitrogens is 2. The zero-order valence-corrected chi connectivity index (χ0v) is 11.3. The molecule has 0 radical (unpaired) electrons. The molecule has 102 valence electrons. The Morgan fingerprint density at radius 3 is 2.78 bits per heavy atom. The van der Waals surface area contributed by atoms with Crippen LogP contribution in [0.5, 0.6) is 0 Å². The molecule has 6 heteroatoms. The minimum atomic E-state index is 0.0966. The van der Waals surface area contributed by atoms with Gasteiger partial charge in [-0.1, -0.05) is 12.0 Å². The summed E-state index contributed by atoms with van der Waals surface area (Å²) in [5.74, 6) is 0.644. The molecule has 1 N–H and O–H groups in total. The SMILES string of the molecule is CCNC(C)c1nnc(N(C)C2CCOCC2)o1. The van der Waals surface area contributed by atoms with Crippen molar-refractivity contribution in [1.82, 2.24) is 15.5 Å². The Kier molecular flexibility index (Phi) is 4.54. The van der Waals surface area contributed by atoms with Crippen LogP contribution in [0.25, 0.3) is 0 Å². The van der Waals surface area contributed by atoms with Gasteiger partial charge >= 0.3 is 6.01 Å². The predicted molar refractivity (Wildman–Crippen MR) is 68.6 cm³/mol. The van der Waals surface area contributed by atoms with Crippen molar-refractivity contribution in [2.45, 2.75) is 38.8 Å². The van der Waals surface area contributed by atoms with Crippen LogP contribution in [0.2, 0.25) is 0 Å². The van der Waals surface area contributed by atoms with Crippen LogP contribution in [-0.4, -0.2) is 43.0 Å². The van der Waals surface area contributed by atoms with Crippen LogP contribution in [0.4, 0.5) is 6.01 Å². The van der Waals surface area contributed by atoms with Crippen molar-refractivity contribution in [1.29, 1.82) is 0 Å². The monoisotopic (exact) mass is 254 g/mol. The van der Waals surface area contributed by atoms with Crippen LogP contribution in [0, 0.1) is 0 Å². The number of hydrogen-bond donors (Lipinski definition) is 1. The highest BCUT2D eigenvalue weighted by molar-refractivity contribution is 5.25. The third-order valence-electron chi connectivity index (χ3n) is 3.35. The maximum absolute atomic E-state index is 5.71. The van der Waals surface area contributed by atoms with E-state index < -0.39 is 0 Å². The van der Waals surface area contributed by atoms with Crippen molar-refractivity contribution in [2.75, 3.05) is 31.7 Å². The molecule has 1 aliphatic rings. The van der Waals surface area contributed by atoms with Crippen molar-refractivity contribution in [3.63, 3.8) is 0 Å². The van der Waals surface area contributed by atoms with Gasteiger partial charge in [-0.3, -0.25) is 0 Å². The van der Waals surface area contributed by atoms with Gasteiger partial charge in [0, 0.05) is 26.3 Å². The summed E-state index contributed by atoms with van der Waals surface area (Å²) in [5, 5.41) is 11.5. The third kappa shape index (κ3) is 3.00. The first-order valence-corrected chi connectivity index (χ1v) is 6.59. The van der Waals surface area contributed by atoms with Crippen LogP contribution in [-0.2, 0) is 4.74 Å². The fourth-order valence-corrected chi connectivity index (χ4v) is 2.17. The first-order chi connectivity index (χ1) is 8.72. The number of nitrogens with zero attached hydrogens (tertiary/aromatic N) is 3. The Morgan fingerprint density at radius 1 is 1.39 bits per heavy atom. The molecule has 18 heavy (non-hydrogen) atoms. The second-order valence-electron chi connectivity index (χ2n) is 4.66. The van der Waals surface area contributed by atoms with Gasteiger partial charge in [-0.05, 0) is 26.3 Å². The molecular weight excluding hydrogens is 232 g/mol. The average Bonchev–Trinajstić information content (AvgIpc) is 2.89. The number of anilines is 1. The van der Waals surface area contributed by atoms with E-state index in [1.807, 2.05) is 14.0 Å². The molecule has 1 aromatic rings. The Bertz CT molecular complexity index is 363. The molecule has 1 atom stereocenters. The van der Waals surface area contributed by atoms with Crippen molar-refractivity contribution in [2.24, 2.45) is 0 Å². The Hall–Kier alpha value is -1.14. The molecule has 1 aliphatic heterocycles. The molecule has 0 saturated carbocycles. The molecule has 2 heterocycles. The van der Waals surface area contributed by atoms with Gasteiger partial charge in [-0.2, -0.15) is 0 Å². The lowest BCUT2D eigenvalue weighted by atomic mass is 10.1. The van der Waals surface area contributed by atoms with Crippen LogP contribution in [0.1, 0.15) is 38.6 Å². The zero-order valence-electron chi connectivity index (χ0n) is 11.3. The minimum absolute atomic E-state index is 0.0966. The fourth-order valence-electron chi connectivity index (χ4n) is 2.17. The summed E-state index contributed by atoms with van der Waals surface area (Å²) in [5.41, 5.74) is 0. The van der Waals surface area contributed by atoms with Crippen LogP contribution in [0.3, 0.4) is 0 Å². The summed E-state index contributed by atoms with van der Waals surface area (Å²) in [6, 6.07) is 1.13. The number of ether oxygens (including phenoxy) is 1. The maximum Gasteiger partial charge on any atom is 0.318 e. The fraction of sp³-hybridized carbons (Fsp3) is 0.833. The molecule has 1 aromatic heterocycles. The van der Waals surface area contributed by atoms with Crippen molar-refractivity contribution >= 4 is 6.01 Å². The van der Waals surface area contributed by atoms with Crippen molar-refractivity contribution in [3.8, 4) is 0 Å². The second kappa shape index (κ2) is 6.15. The second-order valence-corrected chi connectivity index (χ2v) is 4.66. The highest BCUT2D eigenvalue weighted by atomic mass is 16.5. The molecule has 6 nitrogen and oxygen atoms in total. The molecule has 1 fully saturated rings. The lowest BCUT2D eigenvalue weighted by Gasteiger charge is -2.29. The molecule has 2 rings (SSSR count). The van der Waals surface area contributed by atoms with E-state index in [0.29, 0.717) is 17.9 Å². The highest BCUT2D eigenvalue weighted by Gasteiger charge is 2.23. The number of hydrogen-bond acceptors (Lipinski definition) is 6. The van der Waals surface area contributed by atoms with E-state index in [-0.39, 0.29) is 6.04 Å². The molecule has 1 saturated heterocycles. The van der Waals surface area contributed by atoms with Gasteiger partial charge in [0.05, 0.1) is 6.04 Å². The smallest absolute Gasteiger partial charge is 0.318 e. The largest absolute Gasteiger partial charge is 0.406 e. The maximum atomic E-state index is 5.71. The highest BCUT2D eigenvalue weighted by Crippen LogP contribution is 2.21. The third-order valence-corrected chi connectivity index (χ3v) is 3.35. The van der Waals surface area contributed by atoms with Crippen LogP contribution < -0.4 is 10.2 Å². The minimum Gasteiger partial charge on any atom is -0.406 e. The van der Waals surface area contributed by atoms with Gasteiger partial charge in [0.1, 0.15) is 0 Å². The van der Waals surface area contributed by atoms with Gasteiger partial charge < -0.3 is 19.4 Å². The van der Waals surface area contributed by atoms with Gasteiger partial charge in [0.15, 0.2) is 0 Å². The molecule has 0 bridgehead atoms. The van der Waals surface area contributed by atoms with Crippen LogP contribution >= 0.6 is 0 Å². The van der Waals surface area contributed by atoms with Crippen molar-refractivity contribution in [3.05, 3.63) is 5.89 Å². The molecule has 1 unspecified atom stereocenters. The number of nitrogens with one attached hydrogen (secondary N) is 1. The van der Waals surface area contributed by atoms with Gasteiger partial charge in [0.25, 0.3) is 0 Å². The van der Waals surface area contributed by atoms with Gasteiger partial charge in [-0.25, -0.2) is 0 Å². The van der Waals surface area contributed by atoms with Gasteiger partial charge in [-0.15, -0.1) is 5.10 Å². The first-order valence-electron chi connectivity index (χ1n) is 6.59. The lowest BCUT2D eigenvalue weighted by molar-refractivity contribution is 0.0845. The Balaban J connectivity index is 1.99. The first kappa shape index (κ1) is 13.3. The standard InChI is InChI=1S/C12H22N4O2/c1-4-13-9(2)11-14-15-12(18-11)16(3)10-5-7-17-8-6-10/h9-10,13H,4-8H2,1-3H3. The quantitative estimate of drug-likeness (QED) is 0.856. The summed E-state index contributed by atoms with van der Waals surface area (Å²) >= 11 is 0.